The lowest BCUT2D eigenvalue weighted by Crippen LogP contribution is -2.28. The molecule has 1 heterocycles. The third kappa shape index (κ3) is 5.69. The van der Waals surface area contributed by atoms with Crippen LogP contribution in [0.4, 0.5) is 0 Å². The van der Waals surface area contributed by atoms with Gasteiger partial charge in [-0.1, -0.05) is 26.7 Å². The lowest BCUT2D eigenvalue weighted by molar-refractivity contribution is 0.426. The van der Waals surface area contributed by atoms with Crippen LogP contribution in [0, 0.1) is 12.8 Å². The molecule has 0 saturated heterocycles. The Hall–Kier alpha value is -0.340. The second kappa shape index (κ2) is 7.17. The Kier molecular flexibility index (Phi) is 6.21. The van der Waals surface area contributed by atoms with E-state index in [2.05, 4.69) is 52.1 Å². The molecular formula is C15H27NS. The first-order valence-corrected chi connectivity index (χ1v) is 7.63. The summed E-state index contributed by atoms with van der Waals surface area (Å²) >= 11 is 1.90. The van der Waals surface area contributed by atoms with Crippen molar-refractivity contribution >= 4 is 11.3 Å². The quantitative estimate of drug-likeness (QED) is 0.727. The van der Waals surface area contributed by atoms with E-state index in [1.165, 1.54) is 29.0 Å². The highest BCUT2D eigenvalue weighted by Gasteiger charge is 2.10. The van der Waals surface area contributed by atoms with E-state index in [1.807, 2.05) is 11.3 Å². The zero-order chi connectivity index (χ0) is 12.8. The molecule has 2 unspecified atom stereocenters. The molecule has 1 nitrogen and oxygen atoms in total. The largest absolute Gasteiger partial charge is 0.307 e. The lowest BCUT2D eigenvalue weighted by Gasteiger charge is -2.19. The van der Waals surface area contributed by atoms with Gasteiger partial charge >= 0.3 is 0 Å². The highest BCUT2D eigenvalue weighted by Crippen LogP contribution is 2.23. The number of nitrogens with one attached hydrogen (secondary N) is 1. The molecule has 1 aromatic rings. The fraction of sp³-hybridized carbons (Fsp3) is 0.733. The summed E-state index contributed by atoms with van der Waals surface area (Å²) in [7, 11) is 0. The molecule has 0 saturated carbocycles. The molecule has 0 bridgehead atoms. The summed E-state index contributed by atoms with van der Waals surface area (Å²) < 4.78 is 0. The van der Waals surface area contributed by atoms with Crippen LogP contribution in [0.2, 0.25) is 0 Å². The van der Waals surface area contributed by atoms with Gasteiger partial charge in [0.2, 0.25) is 0 Å². The Bertz CT molecular complexity index is 316. The van der Waals surface area contributed by atoms with E-state index < -0.39 is 0 Å². The van der Waals surface area contributed by atoms with Crippen molar-refractivity contribution in [3.8, 4) is 0 Å². The maximum absolute atomic E-state index is 3.69. The van der Waals surface area contributed by atoms with Crippen molar-refractivity contribution in [3.63, 3.8) is 0 Å². The minimum Gasteiger partial charge on any atom is -0.307 e. The van der Waals surface area contributed by atoms with Crippen molar-refractivity contribution in [1.82, 2.24) is 5.32 Å². The second-order valence-electron chi connectivity index (χ2n) is 5.56. The Morgan fingerprint density at radius 1 is 1.12 bits per heavy atom. The summed E-state index contributed by atoms with van der Waals surface area (Å²) in [6.45, 7) is 11.3. The van der Waals surface area contributed by atoms with E-state index in [9.17, 15) is 0 Å². The van der Waals surface area contributed by atoms with Crippen LogP contribution < -0.4 is 5.32 Å². The van der Waals surface area contributed by atoms with E-state index in [0.29, 0.717) is 12.1 Å². The van der Waals surface area contributed by atoms with E-state index in [1.54, 1.807) is 0 Å². The molecule has 17 heavy (non-hydrogen) atoms. The van der Waals surface area contributed by atoms with Crippen molar-refractivity contribution in [1.29, 1.82) is 0 Å². The highest BCUT2D eigenvalue weighted by atomic mass is 32.1. The molecule has 2 heteroatoms. The lowest BCUT2D eigenvalue weighted by atomic mass is 10.0. The Morgan fingerprint density at radius 3 is 2.35 bits per heavy atom. The van der Waals surface area contributed by atoms with Gasteiger partial charge in [-0.05, 0) is 45.2 Å². The number of thiophene rings is 1. The predicted molar refractivity (Wildman–Crippen MR) is 78.8 cm³/mol. The summed E-state index contributed by atoms with van der Waals surface area (Å²) in [5.74, 6) is 0.833. The number of rotatable bonds is 7. The molecule has 0 fully saturated rings. The van der Waals surface area contributed by atoms with Gasteiger partial charge < -0.3 is 5.32 Å². The number of hydrogen-bond acceptors (Lipinski definition) is 2. The third-order valence-corrected chi connectivity index (χ3v) is 4.32. The average Bonchev–Trinajstić information content (AvgIpc) is 2.64. The summed E-state index contributed by atoms with van der Waals surface area (Å²) in [4.78, 5) is 2.86. The first-order valence-electron chi connectivity index (χ1n) is 6.81. The van der Waals surface area contributed by atoms with E-state index in [0.717, 1.165) is 5.92 Å². The molecule has 1 N–H and O–H groups in total. The Labute approximate surface area is 111 Å². The third-order valence-electron chi connectivity index (χ3n) is 3.14. The normalized spacial score (nSPS) is 15.2. The van der Waals surface area contributed by atoms with Gasteiger partial charge in [0.15, 0.2) is 0 Å². The van der Waals surface area contributed by atoms with Gasteiger partial charge in [0, 0.05) is 21.8 Å². The fourth-order valence-electron chi connectivity index (χ4n) is 2.11. The molecule has 2 atom stereocenters. The van der Waals surface area contributed by atoms with Gasteiger partial charge in [0.05, 0.1) is 0 Å². The smallest absolute Gasteiger partial charge is 0.0388 e. The number of aryl methyl sites for hydroxylation is 1. The molecule has 0 radical (unpaired) electrons. The predicted octanol–water partition coefficient (Wildman–Crippen LogP) is 4.92. The van der Waals surface area contributed by atoms with Gasteiger partial charge in [0.1, 0.15) is 0 Å². The molecule has 1 rings (SSSR count). The fourth-order valence-corrected chi connectivity index (χ4v) is 3.00. The Morgan fingerprint density at radius 2 is 1.82 bits per heavy atom. The van der Waals surface area contributed by atoms with Gasteiger partial charge in [0.25, 0.3) is 0 Å². The van der Waals surface area contributed by atoms with Crippen molar-refractivity contribution in [3.05, 3.63) is 21.9 Å². The standard InChI is InChI=1S/C15H27NS/c1-11(2)7-6-8-12(3)16-14(5)15-10-9-13(4)17-15/h9-12,14,16H,6-8H2,1-5H3. The van der Waals surface area contributed by atoms with Gasteiger partial charge in [-0.2, -0.15) is 0 Å². The molecule has 0 aliphatic carbocycles. The molecule has 0 aliphatic rings. The van der Waals surface area contributed by atoms with Gasteiger partial charge in [-0.25, -0.2) is 0 Å². The van der Waals surface area contributed by atoms with Gasteiger partial charge in [-0.3, -0.25) is 0 Å². The van der Waals surface area contributed by atoms with Crippen LogP contribution in [0.1, 0.15) is 62.8 Å². The topological polar surface area (TPSA) is 12.0 Å². The molecule has 1 aromatic heterocycles. The minimum atomic E-state index is 0.489. The SMILES string of the molecule is Cc1ccc(C(C)NC(C)CCCC(C)C)s1. The van der Waals surface area contributed by atoms with E-state index in [-0.39, 0.29) is 0 Å². The summed E-state index contributed by atoms with van der Waals surface area (Å²) in [6.07, 6.45) is 3.97. The molecular weight excluding hydrogens is 226 g/mol. The molecule has 0 aromatic carbocycles. The average molecular weight is 253 g/mol. The van der Waals surface area contributed by atoms with Crippen molar-refractivity contribution in [2.24, 2.45) is 5.92 Å². The first-order chi connectivity index (χ1) is 7.99. The van der Waals surface area contributed by atoms with Crippen LogP contribution in [0.5, 0.6) is 0 Å². The van der Waals surface area contributed by atoms with Crippen LogP contribution in [0.15, 0.2) is 12.1 Å². The van der Waals surface area contributed by atoms with Gasteiger partial charge in [-0.15, -0.1) is 11.3 Å². The second-order valence-corrected chi connectivity index (χ2v) is 6.88. The zero-order valence-electron chi connectivity index (χ0n) is 11.9. The van der Waals surface area contributed by atoms with Crippen LogP contribution in [0.25, 0.3) is 0 Å². The molecule has 0 aliphatic heterocycles. The van der Waals surface area contributed by atoms with E-state index >= 15 is 0 Å². The maximum Gasteiger partial charge on any atom is 0.0388 e. The monoisotopic (exact) mass is 253 g/mol. The van der Waals surface area contributed by atoms with Crippen molar-refractivity contribution < 1.29 is 0 Å². The van der Waals surface area contributed by atoms with Crippen LogP contribution in [-0.4, -0.2) is 6.04 Å². The van der Waals surface area contributed by atoms with Crippen LogP contribution in [0.3, 0.4) is 0 Å². The maximum atomic E-state index is 3.69. The molecule has 98 valence electrons. The highest BCUT2D eigenvalue weighted by molar-refractivity contribution is 7.12. The first kappa shape index (κ1) is 14.7. The zero-order valence-corrected chi connectivity index (χ0v) is 12.7. The summed E-state index contributed by atoms with van der Waals surface area (Å²) in [6, 6.07) is 5.56. The van der Waals surface area contributed by atoms with Crippen molar-refractivity contribution in [2.45, 2.75) is 66.0 Å². The van der Waals surface area contributed by atoms with Crippen molar-refractivity contribution in [2.75, 3.05) is 0 Å². The number of hydrogen-bond donors (Lipinski definition) is 1. The molecule has 0 amide bonds. The molecule has 0 spiro atoms. The van der Waals surface area contributed by atoms with Crippen LogP contribution >= 0.6 is 11.3 Å². The summed E-state index contributed by atoms with van der Waals surface area (Å²) in [5.41, 5.74) is 0. The Balaban J connectivity index is 2.28. The minimum absolute atomic E-state index is 0.489. The summed E-state index contributed by atoms with van der Waals surface area (Å²) in [5, 5.41) is 3.69. The van der Waals surface area contributed by atoms with Crippen LogP contribution in [-0.2, 0) is 0 Å². The van der Waals surface area contributed by atoms with E-state index in [4.69, 9.17) is 0 Å².